The maximum absolute atomic E-state index is 13.1. The van der Waals surface area contributed by atoms with Crippen LogP contribution in [0.4, 0.5) is 0 Å². The van der Waals surface area contributed by atoms with Crippen molar-refractivity contribution in [2.75, 3.05) is 13.2 Å². The second-order valence-corrected chi connectivity index (χ2v) is 6.82. The highest BCUT2D eigenvalue weighted by Gasteiger charge is 2.19. The van der Waals surface area contributed by atoms with Crippen molar-refractivity contribution < 1.29 is 9.53 Å². The molecule has 1 atom stereocenters. The molecule has 0 fully saturated rings. The van der Waals surface area contributed by atoms with Gasteiger partial charge in [0.05, 0.1) is 18.2 Å². The van der Waals surface area contributed by atoms with Crippen molar-refractivity contribution in [3.63, 3.8) is 0 Å². The molecule has 0 spiro atoms. The summed E-state index contributed by atoms with van der Waals surface area (Å²) in [5, 5.41) is 4.09. The number of hydrogen-bond donors (Lipinski definition) is 2. The number of nitrogens with zero attached hydrogens (tertiary/aromatic N) is 1. The molecule has 0 bridgehead atoms. The highest BCUT2D eigenvalue weighted by molar-refractivity contribution is 5.85. The summed E-state index contributed by atoms with van der Waals surface area (Å²) in [6.45, 7) is 5.61. The fourth-order valence-electron chi connectivity index (χ4n) is 3.63. The minimum absolute atomic E-state index is 0.0262. The topological polar surface area (TPSA) is 86.3 Å². The SMILES string of the molecule is CCOCCn1c(=O)c(CNC(C)C(N)=O)cc2ccc3c(c21)CCC3. The maximum atomic E-state index is 13.1. The first-order valence-electron chi connectivity index (χ1n) is 9.30. The Kier molecular flexibility index (Phi) is 5.74. The summed E-state index contributed by atoms with van der Waals surface area (Å²) < 4.78 is 7.34. The third kappa shape index (κ3) is 3.66. The van der Waals surface area contributed by atoms with Crippen LogP contribution in [0.15, 0.2) is 23.0 Å². The normalized spacial score (nSPS) is 14.5. The molecule has 6 heteroatoms. The average Bonchev–Trinajstić information content (AvgIpc) is 3.10. The summed E-state index contributed by atoms with van der Waals surface area (Å²) in [5.41, 5.74) is 9.59. The van der Waals surface area contributed by atoms with Crippen molar-refractivity contribution in [2.24, 2.45) is 5.73 Å². The summed E-state index contributed by atoms with van der Waals surface area (Å²) in [5.74, 6) is -0.430. The molecule has 3 rings (SSSR count). The van der Waals surface area contributed by atoms with Crippen molar-refractivity contribution in [3.8, 4) is 0 Å². The Labute approximate surface area is 153 Å². The molecule has 0 saturated carbocycles. The van der Waals surface area contributed by atoms with E-state index in [9.17, 15) is 9.59 Å². The predicted molar refractivity (Wildman–Crippen MR) is 102 cm³/mol. The molecule has 1 heterocycles. The largest absolute Gasteiger partial charge is 0.380 e. The first-order valence-corrected chi connectivity index (χ1v) is 9.30. The van der Waals surface area contributed by atoms with Crippen LogP contribution in [0.5, 0.6) is 0 Å². The molecule has 26 heavy (non-hydrogen) atoms. The standard InChI is InChI=1S/C20H27N3O3/c1-3-26-10-9-23-18-15(8-7-14-5-4-6-17(14)18)11-16(20(23)25)12-22-13(2)19(21)24/h7-8,11,13,22H,3-6,9-10,12H2,1-2H3,(H2,21,24). The van der Waals surface area contributed by atoms with Gasteiger partial charge < -0.3 is 20.4 Å². The van der Waals surface area contributed by atoms with Gasteiger partial charge in [-0.1, -0.05) is 12.1 Å². The van der Waals surface area contributed by atoms with E-state index in [0.717, 1.165) is 30.2 Å². The Bertz CT molecular complexity index is 873. The van der Waals surface area contributed by atoms with Crippen LogP contribution < -0.4 is 16.6 Å². The Hall–Kier alpha value is -2.18. The Morgan fingerprint density at radius 2 is 2.19 bits per heavy atom. The van der Waals surface area contributed by atoms with E-state index in [1.807, 2.05) is 17.6 Å². The van der Waals surface area contributed by atoms with E-state index >= 15 is 0 Å². The number of nitrogens with one attached hydrogen (secondary N) is 1. The van der Waals surface area contributed by atoms with Gasteiger partial charge in [-0.2, -0.15) is 0 Å². The first-order chi connectivity index (χ1) is 12.5. The lowest BCUT2D eigenvalue weighted by molar-refractivity contribution is -0.119. The molecule has 3 N–H and O–H groups in total. The lowest BCUT2D eigenvalue weighted by atomic mass is 10.0. The van der Waals surface area contributed by atoms with E-state index in [4.69, 9.17) is 10.5 Å². The number of pyridine rings is 1. The van der Waals surface area contributed by atoms with Gasteiger partial charge in [-0.05, 0) is 55.7 Å². The number of fused-ring (bicyclic) bond motifs is 3. The maximum Gasteiger partial charge on any atom is 0.255 e. The molecular formula is C20H27N3O3. The molecule has 140 valence electrons. The lowest BCUT2D eigenvalue weighted by Gasteiger charge is -2.17. The Morgan fingerprint density at radius 1 is 1.38 bits per heavy atom. The Morgan fingerprint density at radius 3 is 2.92 bits per heavy atom. The molecule has 1 aromatic heterocycles. The molecule has 0 radical (unpaired) electrons. The number of carbonyl (C=O) groups excluding carboxylic acids is 1. The quantitative estimate of drug-likeness (QED) is 0.701. The van der Waals surface area contributed by atoms with Gasteiger partial charge in [0.25, 0.3) is 5.56 Å². The van der Waals surface area contributed by atoms with Gasteiger partial charge in [-0.3, -0.25) is 9.59 Å². The number of ether oxygens (including phenoxy) is 1. The molecule has 0 aliphatic heterocycles. The van der Waals surface area contributed by atoms with E-state index in [-0.39, 0.29) is 5.56 Å². The van der Waals surface area contributed by atoms with E-state index < -0.39 is 11.9 Å². The van der Waals surface area contributed by atoms with Gasteiger partial charge in [0.15, 0.2) is 0 Å². The van der Waals surface area contributed by atoms with E-state index in [1.165, 1.54) is 11.1 Å². The number of carbonyl (C=O) groups is 1. The molecule has 2 aromatic rings. The smallest absolute Gasteiger partial charge is 0.255 e. The fraction of sp³-hybridized carbons (Fsp3) is 0.500. The van der Waals surface area contributed by atoms with Crippen LogP contribution in [-0.2, 0) is 35.5 Å². The van der Waals surface area contributed by atoms with Crippen molar-refractivity contribution >= 4 is 16.8 Å². The average molecular weight is 357 g/mol. The third-order valence-corrected chi connectivity index (χ3v) is 5.09. The van der Waals surface area contributed by atoms with Gasteiger partial charge in [0.1, 0.15) is 0 Å². The zero-order valence-corrected chi connectivity index (χ0v) is 15.5. The van der Waals surface area contributed by atoms with Gasteiger partial charge >= 0.3 is 0 Å². The number of amides is 1. The van der Waals surface area contributed by atoms with Gasteiger partial charge in [0.2, 0.25) is 5.91 Å². The summed E-state index contributed by atoms with van der Waals surface area (Å²) in [4.78, 5) is 24.4. The minimum atomic E-state index is -0.484. The molecule has 1 aliphatic rings. The summed E-state index contributed by atoms with van der Waals surface area (Å²) in [6, 6.07) is 5.72. The Balaban J connectivity index is 2.04. The molecule has 1 amide bonds. The predicted octanol–water partition coefficient (Wildman–Crippen LogP) is 1.49. The zero-order chi connectivity index (χ0) is 18.7. The number of primary amides is 1. The molecular weight excluding hydrogens is 330 g/mol. The van der Waals surface area contributed by atoms with Gasteiger partial charge in [0, 0.05) is 25.3 Å². The van der Waals surface area contributed by atoms with E-state index in [0.29, 0.717) is 31.9 Å². The monoisotopic (exact) mass is 357 g/mol. The summed E-state index contributed by atoms with van der Waals surface area (Å²) >= 11 is 0. The number of hydrogen-bond acceptors (Lipinski definition) is 4. The van der Waals surface area contributed by atoms with Crippen LogP contribution in [0.2, 0.25) is 0 Å². The van der Waals surface area contributed by atoms with Crippen molar-refractivity contribution in [3.05, 3.63) is 45.2 Å². The number of nitrogens with two attached hydrogens (primary N) is 1. The second-order valence-electron chi connectivity index (χ2n) is 6.82. The van der Waals surface area contributed by atoms with Crippen LogP contribution in [0.3, 0.4) is 0 Å². The first kappa shape index (κ1) is 18.6. The molecule has 6 nitrogen and oxygen atoms in total. The van der Waals surface area contributed by atoms with Crippen molar-refractivity contribution in [1.82, 2.24) is 9.88 Å². The number of aromatic nitrogens is 1. The van der Waals surface area contributed by atoms with Crippen molar-refractivity contribution in [1.29, 1.82) is 0 Å². The summed E-state index contributed by atoms with van der Waals surface area (Å²) in [7, 11) is 0. The third-order valence-electron chi connectivity index (χ3n) is 5.09. The van der Waals surface area contributed by atoms with E-state index in [2.05, 4.69) is 17.4 Å². The number of benzene rings is 1. The van der Waals surface area contributed by atoms with Crippen LogP contribution in [-0.4, -0.2) is 29.7 Å². The van der Waals surface area contributed by atoms with E-state index in [1.54, 1.807) is 6.92 Å². The summed E-state index contributed by atoms with van der Waals surface area (Å²) in [6.07, 6.45) is 3.22. The van der Waals surface area contributed by atoms with Gasteiger partial charge in [-0.15, -0.1) is 0 Å². The number of rotatable bonds is 8. The second kappa shape index (κ2) is 8.01. The van der Waals surface area contributed by atoms with Crippen LogP contribution in [0.25, 0.3) is 10.9 Å². The molecule has 1 aromatic carbocycles. The highest BCUT2D eigenvalue weighted by atomic mass is 16.5. The number of aryl methyl sites for hydroxylation is 2. The van der Waals surface area contributed by atoms with Crippen LogP contribution >= 0.6 is 0 Å². The lowest BCUT2D eigenvalue weighted by Crippen LogP contribution is -2.40. The minimum Gasteiger partial charge on any atom is -0.380 e. The zero-order valence-electron chi connectivity index (χ0n) is 15.5. The molecule has 1 unspecified atom stereocenters. The molecule has 0 saturated heterocycles. The van der Waals surface area contributed by atoms with Crippen molar-refractivity contribution in [2.45, 2.75) is 52.2 Å². The van der Waals surface area contributed by atoms with Crippen LogP contribution in [0.1, 0.15) is 37.0 Å². The fourth-order valence-corrected chi connectivity index (χ4v) is 3.63. The highest BCUT2D eigenvalue weighted by Crippen LogP contribution is 2.29. The van der Waals surface area contributed by atoms with Gasteiger partial charge in [-0.25, -0.2) is 0 Å². The molecule has 1 aliphatic carbocycles. The van der Waals surface area contributed by atoms with Crippen LogP contribution in [0, 0.1) is 0 Å².